The Morgan fingerprint density at radius 3 is 2.50 bits per heavy atom. The quantitative estimate of drug-likeness (QED) is 0.646. The Labute approximate surface area is 149 Å². The predicted molar refractivity (Wildman–Crippen MR) is 98.1 cm³/mol. The molecule has 0 amide bonds. The topological polar surface area (TPSA) is 63.2 Å². The molecule has 24 heavy (non-hydrogen) atoms. The van der Waals surface area contributed by atoms with Crippen molar-refractivity contribution in [1.82, 2.24) is 9.97 Å². The first kappa shape index (κ1) is 17.1. The van der Waals surface area contributed by atoms with Gasteiger partial charge in [0.05, 0.1) is 22.1 Å². The van der Waals surface area contributed by atoms with Crippen LogP contribution in [-0.4, -0.2) is 18.4 Å². The Morgan fingerprint density at radius 1 is 1.17 bits per heavy atom. The molecule has 0 N–H and O–H groups in total. The average Bonchev–Trinajstić information content (AvgIpc) is 3.25. The van der Waals surface area contributed by atoms with E-state index in [1.807, 2.05) is 5.38 Å². The van der Waals surface area contributed by atoms with E-state index in [0.717, 1.165) is 10.7 Å². The summed E-state index contributed by atoms with van der Waals surface area (Å²) >= 11 is 2.85. The number of hydrogen-bond donors (Lipinski definition) is 0. The normalized spacial score (nSPS) is 11.8. The molecule has 8 heteroatoms. The summed E-state index contributed by atoms with van der Waals surface area (Å²) in [5.74, 6) is 0.322. The van der Waals surface area contributed by atoms with E-state index in [0.29, 0.717) is 11.0 Å². The van der Waals surface area contributed by atoms with Gasteiger partial charge in [0.25, 0.3) is 10.0 Å². The molecule has 0 spiro atoms. The highest BCUT2D eigenvalue weighted by Crippen LogP contribution is 2.28. The predicted octanol–water partition coefficient (Wildman–Crippen LogP) is 4.12. The van der Waals surface area contributed by atoms with E-state index in [2.05, 4.69) is 23.8 Å². The summed E-state index contributed by atoms with van der Waals surface area (Å²) in [5, 5.41) is 5.12. The lowest BCUT2D eigenvalue weighted by Crippen LogP contribution is -2.30. The minimum atomic E-state index is -3.69. The van der Waals surface area contributed by atoms with Crippen LogP contribution >= 0.6 is 22.7 Å². The second-order valence-corrected chi connectivity index (χ2v) is 9.10. The molecule has 0 aliphatic carbocycles. The van der Waals surface area contributed by atoms with Crippen molar-refractivity contribution >= 4 is 37.8 Å². The van der Waals surface area contributed by atoms with Gasteiger partial charge in [0, 0.05) is 22.9 Å². The van der Waals surface area contributed by atoms with Gasteiger partial charge >= 0.3 is 0 Å². The minimum Gasteiger partial charge on any atom is -0.244 e. The number of aromatic nitrogens is 2. The van der Waals surface area contributed by atoms with Gasteiger partial charge in [-0.2, -0.15) is 0 Å². The molecule has 0 aliphatic rings. The van der Waals surface area contributed by atoms with Crippen LogP contribution in [0.5, 0.6) is 0 Å². The number of nitrogens with zero attached hydrogens (tertiary/aromatic N) is 3. The Morgan fingerprint density at radius 2 is 1.92 bits per heavy atom. The molecule has 0 saturated heterocycles. The Bertz CT molecular complexity index is 888. The van der Waals surface area contributed by atoms with Crippen LogP contribution in [0.2, 0.25) is 0 Å². The van der Waals surface area contributed by atoms with Gasteiger partial charge in [-0.05, 0) is 12.1 Å². The smallest absolute Gasteiger partial charge is 0.244 e. The Kier molecular flexibility index (Phi) is 4.98. The number of sulfonamides is 1. The fourth-order valence-corrected chi connectivity index (χ4v) is 5.23. The first-order valence-electron chi connectivity index (χ1n) is 7.40. The van der Waals surface area contributed by atoms with Crippen LogP contribution in [0.3, 0.4) is 0 Å². The molecule has 3 aromatic rings. The molecule has 0 atom stereocenters. The molecular weight excluding hydrogens is 362 g/mol. The number of anilines is 1. The van der Waals surface area contributed by atoms with Gasteiger partial charge in [0.2, 0.25) is 0 Å². The largest absolute Gasteiger partial charge is 0.266 e. The zero-order valence-corrected chi connectivity index (χ0v) is 15.7. The van der Waals surface area contributed by atoms with Crippen molar-refractivity contribution < 1.29 is 8.42 Å². The van der Waals surface area contributed by atoms with Crippen molar-refractivity contribution in [2.24, 2.45) is 0 Å². The molecule has 3 rings (SSSR count). The molecule has 2 heterocycles. The average molecular weight is 380 g/mol. The van der Waals surface area contributed by atoms with Crippen LogP contribution in [0.15, 0.2) is 52.2 Å². The third-order valence-corrected chi connectivity index (χ3v) is 7.19. The lowest BCUT2D eigenvalue weighted by Gasteiger charge is -2.20. The van der Waals surface area contributed by atoms with Gasteiger partial charge in [0.15, 0.2) is 5.13 Å². The highest BCUT2D eigenvalue weighted by atomic mass is 32.2. The maximum atomic E-state index is 13.0. The van der Waals surface area contributed by atoms with E-state index in [4.69, 9.17) is 0 Å². The highest BCUT2D eigenvalue weighted by Gasteiger charge is 2.27. The summed E-state index contributed by atoms with van der Waals surface area (Å²) in [6.07, 6.45) is 1.61. The fourth-order valence-electron chi connectivity index (χ4n) is 2.12. The number of thiazole rings is 2. The first-order valence-corrected chi connectivity index (χ1v) is 10.6. The molecule has 0 radical (unpaired) electrons. The molecular formula is C16H17N3O2S3. The summed E-state index contributed by atoms with van der Waals surface area (Å²) < 4.78 is 27.4. The molecule has 0 aliphatic heterocycles. The molecule has 1 aromatic carbocycles. The molecule has 0 bridgehead atoms. The van der Waals surface area contributed by atoms with Crippen LogP contribution in [0.1, 0.15) is 30.5 Å². The van der Waals surface area contributed by atoms with Gasteiger partial charge in [-0.15, -0.1) is 22.7 Å². The molecule has 0 saturated carbocycles. The van der Waals surface area contributed by atoms with Gasteiger partial charge in [0.1, 0.15) is 0 Å². The second kappa shape index (κ2) is 7.00. The molecule has 0 unspecified atom stereocenters. The first-order chi connectivity index (χ1) is 11.5. The Balaban J connectivity index is 1.98. The highest BCUT2D eigenvalue weighted by molar-refractivity contribution is 7.93. The van der Waals surface area contributed by atoms with Crippen molar-refractivity contribution in [1.29, 1.82) is 0 Å². The lowest BCUT2D eigenvalue weighted by atomic mass is 10.2. The van der Waals surface area contributed by atoms with Crippen LogP contribution in [0, 0.1) is 0 Å². The monoisotopic (exact) mass is 379 g/mol. The van der Waals surface area contributed by atoms with Crippen molar-refractivity contribution in [2.45, 2.75) is 31.2 Å². The van der Waals surface area contributed by atoms with E-state index >= 15 is 0 Å². The van der Waals surface area contributed by atoms with Crippen LogP contribution < -0.4 is 4.31 Å². The maximum absolute atomic E-state index is 13.0. The van der Waals surface area contributed by atoms with Crippen LogP contribution in [-0.2, 0) is 16.6 Å². The summed E-state index contributed by atoms with van der Waals surface area (Å²) in [6, 6.07) is 8.41. The van der Waals surface area contributed by atoms with Gasteiger partial charge < -0.3 is 0 Å². The van der Waals surface area contributed by atoms with Crippen molar-refractivity contribution in [2.75, 3.05) is 4.31 Å². The summed E-state index contributed by atoms with van der Waals surface area (Å²) in [7, 11) is -3.69. The third-order valence-electron chi connectivity index (χ3n) is 3.33. The van der Waals surface area contributed by atoms with Crippen molar-refractivity contribution in [3.63, 3.8) is 0 Å². The van der Waals surface area contributed by atoms with Gasteiger partial charge in [-0.25, -0.2) is 22.7 Å². The van der Waals surface area contributed by atoms with Crippen molar-refractivity contribution in [3.05, 3.63) is 58.0 Å². The molecule has 126 valence electrons. The number of hydrogen-bond acceptors (Lipinski definition) is 6. The van der Waals surface area contributed by atoms with Gasteiger partial charge in [-0.1, -0.05) is 32.0 Å². The second-order valence-electron chi connectivity index (χ2n) is 5.47. The van der Waals surface area contributed by atoms with Crippen LogP contribution in [0.25, 0.3) is 0 Å². The SMILES string of the molecule is CC(C)c1nc(CN(c2nccs2)S(=O)(=O)c2ccccc2)cs1. The number of rotatable bonds is 6. The summed E-state index contributed by atoms with van der Waals surface area (Å²) in [5.41, 5.74) is 0.735. The molecule has 2 aromatic heterocycles. The lowest BCUT2D eigenvalue weighted by molar-refractivity contribution is 0.590. The van der Waals surface area contributed by atoms with E-state index in [1.54, 1.807) is 53.2 Å². The van der Waals surface area contributed by atoms with E-state index < -0.39 is 10.0 Å². The van der Waals surface area contributed by atoms with Crippen molar-refractivity contribution in [3.8, 4) is 0 Å². The minimum absolute atomic E-state index is 0.175. The summed E-state index contributed by atoms with van der Waals surface area (Å²) in [6.45, 7) is 4.32. The Hall–Kier alpha value is -1.77. The van der Waals surface area contributed by atoms with E-state index in [9.17, 15) is 8.42 Å². The number of benzene rings is 1. The van der Waals surface area contributed by atoms with Crippen LogP contribution in [0.4, 0.5) is 5.13 Å². The zero-order valence-electron chi connectivity index (χ0n) is 13.3. The van der Waals surface area contributed by atoms with Gasteiger partial charge in [-0.3, -0.25) is 0 Å². The standard InChI is InChI=1S/C16H17N3O2S3/c1-12(2)15-18-13(11-23-15)10-19(16-17-8-9-22-16)24(20,21)14-6-4-3-5-7-14/h3-9,11-12H,10H2,1-2H3. The maximum Gasteiger partial charge on any atom is 0.266 e. The zero-order chi connectivity index (χ0) is 17.2. The molecule has 0 fully saturated rings. The third kappa shape index (κ3) is 3.50. The van der Waals surface area contributed by atoms with E-state index in [-0.39, 0.29) is 11.4 Å². The van der Waals surface area contributed by atoms with E-state index in [1.165, 1.54) is 15.6 Å². The summed E-state index contributed by atoms with van der Waals surface area (Å²) in [4.78, 5) is 8.99. The fraction of sp³-hybridized carbons (Fsp3) is 0.250. The molecule has 5 nitrogen and oxygen atoms in total.